The lowest BCUT2D eigenvalue weighted by molar-refractivity contribution is -0.136. The van der Waals surface area contributed by atoms with E-state index in [2.05, 4.69) is 26.4 Å². The quantitative estimate of drug-likeness (QED) is 0.928. The Kier molecular flexibility index (Phi) is 4.06. The summed E-state index contributed by atoms with van der Waals surface area (Å²) in [6, 6.07) is 4.20. The molecule has 4 rings (SSSR count). The van der Waals surface area contributed by atoms with Crippen LogP contribution < -0.4 is 5.32 Å². The first kappa shape index (κ1) is 15.3. The molecule has 0 saturated carbocycles. The van der Waals surface area contributed by atoms with E-state index in [-0.39, 0.29) is 23.8 Å². The standard InChI is InChI=1S/C18H23N5O/c1-22-12-14(9-21-22)15-10-20-11-16(15)18(24)23-7-3-5-17(23)13-4-2-6-19-8-13/h2,4,6,8-9,12,15-17,20H,3,5,7,10-11H2,1H3/t15-,16+,17?/m1/s1. The number of carbonyl (C=O) groups is 1. The molecule has 2 aromatic heterocycles. The van der Waals surface area contributed by atoms with Crippen molar-refractivity contribution in [3.05, 3.63) is 48.0 Å². The van der Waals surface area contributed by atoms with E-state index in [4.69, 9.17) is 0 Å². The summed E-state index contributed by atoms with van der Waals surface area (Å²) in [5.74, 6) is 0.466. The Morgan fingerprint density at radius 2 is 2.21 bits per heavy atom. The highest BCUT2D eigenvalue weighted by Crippen LogP contribution is 2.36. The van der Waals surface area contributed by atoms with Gasteiger partial charge < -0.3 is 10.2 Å². The van der Waals surface area contributed by atoms with Crippen molar-refractivity contribution in [3.63, 3.8) is 0 Å². The summed E-state index contributed by atoms with van der Waals surface area (Å²) in [7, 11) is 1.92. The van der Waals surface area contributed by atoms with Gasteiger partial charge in [0.05, 0.1) is 18.2 Å². The van der Waals surface area contributed by atoms with Crippen LogP contribution in [0, 0.1) is 5.92 Å². The molecule has 3 atom stereocenters. The minimum Gasteiger partial charge on any atom is -0.335 e. The van der Waals surface area contributed by atoms with Crippen LogP contribution in [0.1, 0.15) is 35.9 Å². The Morgan fingerprint density at radius 1 is 1.29 bits per heavy atom. The minimum absolute atomic E-state index is 0.00790. The molecule has 24 heavy (non-hydrogen) atoms. The number of aryl methyl sites for hydroxylation is 1. The molecule has 0 radical (unpaired) electrons. The van der Waals surface area contributed by atoms with E-state index < -0.39 is 0 Å². The number of likely N-dealkylation sites (tertiary alicyclic amines) is 1. The zero-order chi connectivity index (χ0) is 16.5. The summed E-state index contributed by atoms with van der Waals surface area (Å²) in [6.07, 6.45) is 9.67. The van der Waals surface area contributed by atoms with Crippen LogP contribution in [0.25, 0.3) is 0 Å². The van der Waals surface area contributed by atoms with Gasteiger partial charge in [-0.2, -0.15) is 5.10 Å². The lowest BCUT2D eigenvalue weighted by Gasteiger charge is -2.29. The predicted octanol–water partition coefficient (Wildman–Crippen LogP) is 1.48. The van der Waals surface area contributed by atoms with Gasteiger partial charge in [0.25, 0.3) is 0 Å². The average Bonchev–Trinajstić information content (AvgIpc) is 3.34. The molecule has 126 valence electrons. The van der Waals surface area contributed by atoms with Crippen molar-refractivity contribution in [2.75, 3.05) is 19.6 Å². The maximum absolute atomic E-state index is 13.3. The average molecular weight is 325 g/mol. The second-order valence-corrected chi connectivity index (χ2v) is 6.79. The van der Waals surface area contributed by atoms with E-state index in [1.54, 1.807) is 6.20 Å². The summed E-state index contributed by atoms with van der Waals surface area (Å²) < 4.78 is 1.81. The molecule has 2 aromatic rings. The van der Waals surface area contributed by atoms with Gasteiger partial charge in [0.15, 0.2) is 0 Å². The third-order valence-electron chi connectivity index (χ3n) is 5.29. The molecule has 2 saturated heterocycles. The van der Waals surface area contributed by atoms with Crippen molar-refractivity contribution in [3.8, 4) is 0 Å². The monoisotopic (exact) mass is 325 g/mol. The molecule has 1 amide bonds. The summed E-state index contributed by atoms with van der Waals surface area (Å²) in [5, 5.41) is 7.66. The Hall–Kier alpha value is -2.21. The summed E-state index contributed by atoms with van der Waals surface area (Å²) in [5.41, 5.74) is 2.30. The highest BCUT2D eigenvalue weighted by molar-refractivity contribution is 5.81. The highest BCUT2D eigenvalue weighted by atomic mass is 16.2. The van der Waals surface area contributed by atoms with Crippen molar-refractivity contribution >= 4 is 5.91 Å². The number of aromatic nitrogens is 3. The lowest BCUT2D eigenvalue weighted by atomic mass is 9.89. The van der Waals surface area contributed by atoms with Crippen molar-refractivity contribution in [1.82, 2.24) is 25.0 Å². The Balaban J connectivity index is 1.56. The molecule has 0 aromatic carbocycles. The van der Waals surface area contributed by atoms with Crippen LogP contribution in [-0.2, 0) is 11.8 Å². The maximum atomic E-state index is 13.3. The molecule has 6 nitrogen and oxygen atoms in total. The molecule has 6 heteroatoms. The van der Waals surface area contributed by atoms with E-state index >= 15 is 0 Å². The van der Waals surface area contributed by atoms with Gasteiger partial charge in [-0.3, -0.25) is 14.5 Å². The molecular formula is C18H23N5O. The van der Waals surface area contributed by atoms with Crippen LogP contribution in [0.2, 0.25) is 0 Å². The summed E-state index contributed by atoms with van der Waals surface area (Å²) >= 11 is 0. The Morgan fingerprint density at radius 3 is 2.96 bits per heavy atom. The fourth-order valence-electron chi connectivity index (χ4n) is 4.08. The first-order valence-corrected chi connectivity index (χ1v) is 8.63. The number of hydrogen-bond donors (Lipinski definition) is 1. The Bertz CT molecular complexity index is 713. The normalized spacial score (nSPS) is 26.9. The van der Waals surface area contributed by atoms with Crippen LogP contribution >= 0.6 is 0 Å². The van der Waals surface area contributed by atoms with Crippen LogP contribution in [0.5, 0.6) is 0 Å². The van der Waals surface area contributed by atoms with Gasteiger partial charge in [-0.1, -0.05) is 6.07 Å². The number of amides is 1. The number of hydrogen-bond acceptors (Lipinski definition) is 4. The molecule has 0 aliphatic carbocycles. The first-order valence-electron chi connectivity index (χ1n) is 8.63. The molecule has 2 aliphatic rings. The molecule has 2 fully saturated rings. The van der Waals surface area contributed by atoms with Crippen molar-refractivity contribution < 1.29 is 4.79 Å². The number of carbonyl (C=O) groups excluding carboxylic acids is 1. The third-order valence-corrected chi connectivity index (χ3v) is 5.29. The van der Waals surface area contributed by atoms with E-state index in [1.807, 2.05) is 36.4 Å². The molecule has 2 aliphatic heterocycles. The van der Waals surface area contributed by atoms with E-state index in [0.717, 1.165) is 43.6 Å². The van der Waals surface area contributed by atoms with Crippen molar-refractivity contribution in [2.45, 2.75) is 24.8 Å². The second kappa shape index (κ2) is 6.36. The molecular weight excluding hydrogens is 302 g/mol. The molecule has 4 heterocycles. The van der Waals surface area contributed by atoms with E-state index in [1.165, 1.54) is 0 Å². The van der Waals surface area contributed by atoms with E-state index in [0.29, 0.717) is 0 Å². The molecule has 1 N–H and O–H groups in total. The van der Waals surface area contributed by atoms with Crippen LogP contribution in [0.3, 0.4) is 0 Å². The van der Waals surface area contributed by atoms with Gasteiger partial charge in [0, 0.05) is 51.2 Å². The van der Waals surface area contributed by atoms with Gasteiger partial charge in [-0.25, -0.2) is 0 Å². The zero-order valence-electron chi connectivity index (χ0n) is 13.9. The van der Waals surface area contributed by atoms with Crippen LogP contribution in [-0.4, -0.2) is 45.2 Å². The zero-order valence-corrected chi connectivity index (χ0v) is 13.9. The minimum atomic E-state index is -0.00790. The smallest absolute Gasteiger partial charge is 0.228 e. The van der Waals surface area contributed by atoms with Crippen LogP contribution in [0.15, 0.2) is 36.9 Å². The SMILES string of the molecule is Cn1cc([C@H]2CNC[C@@H]2C(=O)N2CCCC2c2cccnc2)cn1. The molecule has 0 bridgehead atoms. The topological polar surface area (TPSA) is 63.1 Å². The molecule has 1 unspecified atom stereocenters. The van der Waals surface area contributed by atoms with Gasteiger partial charge in [0.2, 0.25) is 5.91 Å². The highest BCUT2D eigenvalue weighted by Gasteiger charge is 2.40. The number of nitrogens with zero attached hydrogens (tertiary/aromatic N) is 4. The fourth-order valence-corrected chi connectivity index (χ4v) is 4.08. The summed E-state index contributed by atoms with van der Waals surface area (Å²) in [6.45, 7) is 2.43. The van der Waals surface area contributed by atoms with Gasteiger partial charge >= 0.3 is 0 Å². The van der Waals surface area contributed by atoms with Crippen molar-refractivity contribution in [1.29, 1.82) is 0 Å². The van der Waals surface area contributed by atoms with E-state index in [9.17, 15) is 4.79 Å². The fraction of sp³-hybridized carbons (Fsp3) is 0.500. The van der Waals surface area contributed by atoms with Gasteiger partial charge in [-0.15, -0.1) is 0 Å². The maximum Gasteiger partial charge on any atom is 0.228 e. The van der Waals surface area contributed by atoms with Crippen LogP contribution in [0.4, 0.5) is 0 Å². The predicted molar refractivity (Wildman–Crippen MR) is 90.2 cm³/mol. The number of rotatable bonds is 3. The third kappa shape index (κ3) is 2.71. The second-order valence-electron chi connectivity index (χ2n) is 6.79. The van der Waals surface area contributed by atoms with Crippen molar-refractivity contribution in [2.24, 2.45) is 13.0 Å². The first-order chi connectivity index (χ1) is 11.7. The summed E-state index contributed by atoms with van der Waals surface area (Å²) in [4.78, 5) is 19.6. The van der Waals surface area contributed by atoms with Gasteiger partial charge in [0.1, 0.15) is 0 Å². The molecule has 0 spiro atoms. The number of nitrogens with one attached hydrogen (secondary N) is 1. The Labute approximate surface area is 141 Å². The lowest BCUT2D eigenvalue weighted by Crippen LogP contribution is -2.38. The number of pyridine rings is 1. The largest absolute Gasteiger partial charge is 0.335 e. The van der Waals surface area contributed by atoms with Gasteiger partial charge in [-0.05, 0) is 30.0 Å².